The summed E-state index contributed by atoms with van der Waals surface area (Å²) in [5.41, 5.74) is 0.916. The summed E-state index contributed by atoms with van der Waals surface area (Å²) in [6.07, 6.45) is 3.43. The molecule has 0 aliphatic rings. The molecule has 1 amide bonds. The average molecular weight is 367 g/mol. The predicted molar refractivity (Wildman–Crippen MR) is 82.0 cm³/mol. The van der Waals surface area contributed by atoms with Gasteiger partial charge in [-0.15, -0.1) is 0 Å². The maximum absolute atomic E-state index is 12.5. The molecule has 0 atom stereocenters. The number of aromatic nitrogens is 1. The maximum atomic E-state index is 12.5. The summed E-state index contributed by atoms with van der Waals surface area (Å²) >= 11 is 3.17. The van der Waals surface area contributed by atoms with Gasteiger partial charge in [0.1, 0.15) is 0 Å². The van der Waals surface area contributed by atoms with Crippen LogP contribution >= 0.6 is 15.9 Å². The van der Waals surface area contributed by atoms with Crippen LogP contribution in [0.15, 0.2) is 45.7 Å². The van der Waals surface area contributed by atoms with Crippen LogP contribution in [0.3, 0.4) is 0 Å². The molecule has 0 radical (unpaired) electrons. The Hall–Kier alpha value is -2.15. The maximum Gasteiger partial charge on any atom is 0.307 e. The summed E-state index contributed by atoms with van der Waals surface area (Å²) in [6.45, 7) is 0.600. The Labute approximate surface area is 136 Å². The van der Waals surface area contributed by atoms with E-state index in [2.05, 4.69) is 25.7 Å². The fourth-order valence-electron chi connectivity index (χ4n) is 1.87. The van der Waals surface area contributed by atoms with Gasteiger partial charge < -0.3 is 14.1 Å². The third-order valence-electron chi connectivity index (χ3n) is 3.01. The first-order chi connectivity index (χ1) is 10.6. The molecule has 116 valence electrons. The molecule has 0 aromatic carbocycles. The summed E-state index contributed by atoms with van der Waals surface area (Å²) in [6, 6.07) is 6.87. The lowest BCUT2D eigenvalue weighted by Gasteiger charge is -2.21. The highest BCUT2D eigenvalue weighted by Gasteiger charge is 2.20. The van der Waals surface area contributed by atoms with E-state index in [1.807, 2.05) is 12.1 Å². The van der Waals surface area contributed by atoms with Crippen molar-refractivity contribution >= 4 is 27.8 Å². The molecule has 2 aromatic heterocycles. The molecule has 0 fully saturated rings. The van der Waals surface area contributed by atoms with Crippen LogP contribution in [0.4, 0.5) is 0 Å². The number of pyridine rings is 1. The zero-order valence-corrected chi connectivity index (χ0v) is 13.6. The number of halogens is 1. The minimum absolute atomic E-state index is 0.120. The molecule has 7 heteroatoms. The normalized spacial score (nSPS) is 10.3. The van der Waals surface area contributed by atoms with Crippen molar-refractivity contribution in [1.82, 2.24) is 9.88 Å². The van der Waals surface area contributed by atoms with Crippen LogP contribution in [0.5, 0.6) is 0 Å². The first-order valence-electron chi connectivity index (χ1n) is 6.60. The lowest BCUT2D eigenvalue weighted by Crippen LogP contribution is -2.32. The van der Waals surface area contributed by atoms with Crippen LogP contribution < -0.4 is 0 Å². The predicted octanol–water partition coefficient (Wildman–Crippen LogP) is 2.64. The van der Waals surface area contributed by atoms with Crippen LogP contribution in [0, 0.1) is 0 Å². The van der Waals surface area contributed by atoms with Crippen molar-refractivity contribution in [3.63, 3.8) is 0 Å². The van der Waals surface area contributed by atoms with E-state index in [0.717, 1.165) is 5.56 Å². The number of furan rings is 1. The SMILES string of the molecule is COC(=O)CCN(Cc1ccncc1)C(=O)c1ccc(Br)o1. The van der Waals surface area contributed by atoms with Crippen molar-refractivity contribution in [1.29, 1.82) is 0 Å². The second-order valence-corrected chi connectivity index (χ2v) is 5.29. The van der Waals surface area contributed by atoms with Crippen molar-refractivity contribution in [2.45, 2.75) is 13.0 Å². The number of hydrogen-bond donors (Lipinski definition) is 0. The van der Waals surface area contributed by atoms with E-state index in [1.54, 1.807) is 24.5 Å². The fraction of sp³-hybridized carbons (Fsp3) is 0.267. The molecule has 2 rings (SSSR count). The molecule has 0 bridgehead atoms. The quantitative estimate of drug-likeness (QED) is 0.734. The van der Waals surface area contributed by atoms with Gasteiger partial charge in [0.05, 0.1) is 13.5 Å². The first-order valence-corrected chi connectivity index (χ1v) is 7.40. The summed E-state index contributed by atoms with van der Waals surface area (Å²) < 4.78 is 10.4. The molecule has 0 saturated heterocycles. The van der Waals surface area contributed by atoms with Gasteiger partial charge in [0.15, 0.2) is 10.4 Å². The van der Waals surface area contributed by atoms with Gasteiger partial charge >= 0.3 is 5.97 Å². The van der Waals surface area contributed by atoms with E-state index in [0.29, 0.717) is 11.2 Å². The highest BCUT2D eigenvalue weighted by atomic mass is 79.9. The molecule has 0 aliphatic heterocycles. The van der Waals surface area contributed by atoms with Crippen LogP contribution in [-0.4, -0.2) is 35.4 Å². The number of methoxy groups -OCH3 is 1. The smallest absolute Gasteiger partial charge is 0.307 e. The zero-order valence-electron chi connectivity index (χ0n) is 12.0. The average Bonchev–Trinajstić information content (AvgIpc) is 2.97. The van der Waals surface area contributed by atoms with Gasteiger partial charge in [0, 0.05) is 25.5 Å². The van der Waals surface area contributed by atoms with Crippen molar-refractivity contribution in [3.8, 4) is 0 Å². The minimum atomic E-state index is -0.367. The third kappa shape index (κ3) is 4.42. The molecular formula is C15H15BrN2O4. The summed E-state index contributed by atoms with van der Waals surface area (Å²) in [7, 11) is 1.32. The summed E-state index contributed by atoms with van der Waals surface area (Å²) in [4.78, 5) is 29.3. The standard InChI is InChI=1S/C15H15BrN2O4/c1-21-14(19)6-9-18(10-11-4-7-17-8-5-11)15(20)12-2-3-13(16)22-12/h2-5,7-8H,6,9-10H2,1H3. The van der Waals surface area contributed by atoms with E-state index in [9.17, 15) is 9.59 Å². The van der Waals surface area contributed by atoms with Crippen LogP contribution in [0.2, 0.25) is 0 Å². The van der Waals surface area contributed by atoms with Crippen molar-refractivity contribution in [2.24, 2.45) is 0 Å². The van der Waals surface area contributed by atoms with E-state index >= 15 is 0 Å². The molecule has 0 unspecified atom stereocenters. The summed E-state index contributed by atoms with van der Waals surface area (Å²) in [5, 5.41) is 0. The molecule has 0 spiro atoms. The molecule has 22 heavy (non-hydrogen) atoms. The Morgan fingerprint density at radius 1 is 1.27 bits per heavy atom. The molecule has 2 aromatic rings. The van der Waals surface area contributed by atoms with Gasteiger partial charge in [0.2, 0.25) is 0 Å². The Kier molecular flexibility index (Phi) is 5.71. The Bertz CT molecular complexity index is 642. The van der Waals surface area contributed by atoms with Gasteiger partial charge in [0.25, 0.3) is 5.91 Å². The highest BCUT2D eigenvalue weighted by molar-refractivity contribution is 9.10. The van der Waals surface area contributed by atoms with Crippen LogP contribution in [-0.2, 0) is 16.1 Å². The number of carbonyl (C=O) groups excluding carboxylic acids is 2. The van der Waals surface area contributed by atoms with Gasteiger partial charge in [-0.3, -0.25) is 14.6 Å². The number of amides is 1. The van der Waals surface area contributed by atoms with Crippen LogP contribution in [0.1, 0.15) is 22.5 Å². The molecule has 0 saturated carbocycles. The number of esters is 1. The number of rotatable bonds is 6. The highest BCUT2D eigenvalue weighted by Crippen LogP contribution is 2.17. The second-order valence-electron chi connectivity index (χ2n) is 4.51. The van der Waals surface area contributed by atoms with Crippen molar-refractivity contribution in [2.75, 3.05) is 13.7 Å². The lowest BCUT2D eigenvalue weighted by molar-refractivity contribution is -0.140. The lowest BCUT2D eigenvalue weighted by atomic mass is 10.2. The van der Waals surface area contributed by atoms with E-state index in [-0.39, 0.29) is 30.6 Å². The molecular weight excluding hydrogens is 352 g/mol. The van der Waals surface area contributed by atoms with E-state index in [1.165, 1.54) is 12.0 Å². The minimum Gasteiger partial charge on any atom is -0.469 e. The molecule has 0 N–H and O–H groups in total. The Morgan fingerprint density at radius 2 is 2.00 bits per heavy atom. The Morgan fingerprint density at radius 3 is 2.59 bits per heavy atom. The largest absolute Gasteiger partial charge is 0.469 e. The monoisotopic (exact) mass is 366 g/mol. The number of ether oxygens (including phenoxy) is 1. The van der Waals surface area contributed by atoms with Crippen molar-refractivity contribution in [3.05, 3.63) is 52.7 Å². The van der Waals surface area contributed by atoms with Crippen LogP contribution in [0.25, 0.3) is 0 Å². The van der Waals surface area contributed by atoms with Gasteiger partial charge in [-0.25, -0.2) is 0 Å². The van der Waals surface area contributed by atoms with Gasteiger partial charge in [-0.1, -0.05) is 0 Å². The molecule has 0 aliphatic carbocycles. The van der Waals surface area contributed by atoms with Gasteiger partial charge in [-0.2, -0.15) is 0 Å². The summed E-state index contributed by atoms with van der Waals surface area (Å²) in [5.74, 6) is -0.439. The Balaban J connectivity index is 2.13. The molecule has 2 heterocycles. The second kappa shape index (κ2) is 7.74. The number of carbonyl (C=O) groups is 2. The first kappa shape index (κ1) is 16.2. The van der Waals surface area contributed by atoms with Crippen molar-refractivity contribution < 1.29 is 18.7 Å². The topological polar surface area (TPSA) is 72.6 Å². The molecule has 6 nitrogen and oxygen atoms in total. The zero-order chi connectivity index (χ0) is 15.9. The van der Waals surface area contributed by atoms with E-state index < -0.39 is 0 Å². The van der Waals surface area contributed by atoms with E-state index in [4.69, 9.17) is 4.42 Å². The fourth-order valence-corrected chi connectivity index (χ4v) is 2.18. The number of nitrogens with zero attached hydrogens (tertiary/aromatic N) is 2. The number of hydrogen-bond acceptors (Lipinski definition) is 5. The van der Waals surface area contributed by atoms with Gasteiger partial charge in [-0.05, 0) is 45.8 Å². The third-order valence-corrected chi connectivity index (χ3v) is 3.43.